The molecule has 0 heterocycles. The van der Waals surface area contributed by atoms with Crippen molar-refractivity contribution in [2.75, 3.05) is 11.9 Å². The molecule has 0 bridgehead atoms. The minimum atomic E-state index is -0.702. The lowest BCUT2D eigenvalue weighted by atomic mass is 10.2. The number of anilines is 1. The van der Waals surface area contributed by atoms with Gasteiger partial charge in [-0.3, -0.25) is 15.0 Å². The lowest BCUT2D eigenvalue weighted by Gasteiger charge is -2.20. The fraction of sp³-hybridized carbons (Fsp3) is 0.222. The lowest BCUT2D eigenvalue weighted by molar-refractivity contribution is -0.384. The van der Waals surface area contributed by atoms with Crippen molar-refractivity contribution in [2.24, 2.45) is 0 Å². The van der Waals surface area contributed by atoms with Gasteiger partial charge in [-0.2, -0.15) is 0 Å². The van der Waals surface area contributed by atoms with E-state index < -0.39 is 10.9 Å². The topological polar surface area (TPSA) is 102 Å². The van der Waals surface area contributed by atoms with E-state index in [1.807, 2.05) is 13.8 Å². The number of esters is 1. The number of amides is 2. The van der Waals surface area contributed by atoms with E-state index in [0.717, 1.165) is 6.07 Å². The first kappa shape index (κ1) is 18.9. The van der Waals surface area contributed by atoms with Crippen LogP contribution in [0.25, 0.3) is 0 Å². The molecule has 0 aliphatic rings. The fourth-order valence-electron chi connectivity index (χ4n) is 2.11. The number of hydrogen-bond donors (Lipinski definition) is 1. The second-order valence-corrected chi connectivity index (χ2v) is 5.85. The highest BCUT2D eigenvalue weighted by Crippen LogP contribution is 2.20. The molecular weight excluding hydrogens is 338 g/mol. The standard InChI is InChI=1S/C18H19N3O5/c1-12(2)19-18(23)20(3)14-7-9-16(10-8-14)26-17(22)13-5-4-6-15(11-13)21(24)25/h4-12H,1-3H3,(H,19,23). The summed E-state index contributed by atoms with van der Waals surface area (Å²) in [5.74, 6) is -0.435. The largest absolute Gasteiger partial charge is 0.423 e. The number of carbonyl (C=O) groups excluding carboxylic acids is 2. The number of hydrogen-bond acceptors (Lipinski definition) is 5. The van der Waals surface area contributed by atoms with Crippen LogP contribution in [0.2, 0.25) is 0 Å². The highest BCUT2D eigenvalue weighted by molar-refractivity contribution is 5.93. The maximum Gasteiger partial charge on any atom is 0.343 e. The van der Waals surface area contributed by atoms with Crippen LogP contribution in [0.1, 0.15) is 24.2 Å². The quantitative estimate of drug-likeness (QED) is 0.382. The molecule has 0 radical (unpaired) electrons. The minimum Gasteiger partial charge on any atom is -0.423 e. The Kier molecular flexibility index (Phi) is 5.90. The number of ether oxygens (including phenoxy) is 1. The van der Waals surface area contributed by atoms with Gasteiger partial charge < -0.3 is 10.1 Å². The second kappa shape index (κ2) is 8.11. The van der Waals surface area contributed by atoms with Crippen LogP contribution in [0.15, 0.2) is 48.5 Å². The smallest absolute Gasteiger partial charge is 0.343 e. The lowest BCUT2D eigenvalue weighted by Crippen LogP contribution is -2.40. The van der Waals surface area contributed by atoms with E-state index in [0.29, 0.717) is 5.69 Å². The molecule has 0 saturated carbocycles. The van der Waals surface area contributed by atoms with Crippen molar-refractivity contribution < 1.29 is 19.2 Å². The van der Waals surface area contributed by atoms with E-state index in [1.54, 1.807) is 31.3 Å². The first-order valence-corrected chi connectivity index (χ1v) is 7.89. The Bertz CT molecular complexity index is 818. The predicted molar refractivity (Wildman–Crippen MR) is 96.6 cm³/mol. The zero-order valence-corrected chi connectivity index (χ0v) is 14.6. The Morgan fingerprint density at radius 2 is 1.81 bits per heavy atom. The molecule has 2 rings (SSSR count). The Balaban J connectivity index is 2.07. The third-order valence-electron chi connectivity index (χ3n) is 3.44. The monoisotopic (exact) mass is 357 g/mol. The molecule has 8 nitrogen and oxygen atoms in total. The Hall–Kier alpha value is -3.42. The van der Waals surface area contributed by atoms with Gasteiger partial charge in [0.2, 0.25) is 0 Å². The van der Waals surface area contributed by atoms with E-state index in [2.05, 4.69) is 5.32 Å². The summed E-state index contributed by atoms with van der Waals surface area (Å²) in [5, 5.41) is 13.5. The van der Waals surface area contributed by atoms with Gasteiger partial charge in [0.1, 0.15) is 5.75 Å². The van der Waals surface area contributed by atoms with Gasteiger partial charge >= 0.3 is 12.0 Å². The fourth-order valence-corrected chi connectivity index (χ4v) is 2.11. The van der Waals surface area contributed by atoms with Gasteiger partial charge in [-0.15, -0.1) is 0 Å². The van der Waals surface area contributed by atoms with Gasteiger partial charge in [0.25, 0.3) is 5.69 Å². The number of urea groups is 1. The molecule has 136 valence electrons. The summed E-state index contributed by atoms with van der Waals surface area (Å²) in [6.45, 7) is 3.73. The number of nitro benzene ring substituents is 1. The first-order valence-electron chi connectivity index (χ1n) is 7.89. The SMILES string of the molecule is CC(C)NC(=O)N(C)c1ccc(OC(=O)c2cccc([N+](=O)[O-])c2)cc1. The summed E-state index contributed by atoms with van der Waals surface area (Å²) in [6, 6.07) is 11.4. The number of nitrogens with zero attached hydrogens (tertiary/aromatic N) is 2. The van der Waals surface area contributed by atoms with Crippen LogP contribution in [-0.2, 0) is 0 Å². The molecule has 0 spiro atoms. The molecule has 2 aromatic rings. The van der Waals surface area contributed by atoms with Gasteiger partial charge in [0.15, 0.2) is 0 Å². The molecule has 26 heavy (non-hydrogen) atoms. The molecule has 0 atom stereocenters. The number of benzene rings is 2. The van der Waals surface area contributed by atoms with Crippen molar-refractivity contribution in [2.45, 2.75) is 19.9 Å². The molecule has 0 unspecified atom stereocenters. The zero-order chi connectivity index (χ0) is 19.3. The van der Waals surface area contributed by atoms with Crippen molar-refractivity contribution >= 4 is 23.4 Å². The molecule has 0 aliphatic heterocycles. The van der Waals surface area contributed by atoms with E-state index >= 15 is 0 Å². The van der Waals surface area contributed by atoms with Crippen LogP contribution in [0.5, 0.6) is 5.75 Å². The number of carbonyl (C=O) groups is 2. The molecule has 0 fully saturated rings. The molecule has 2 amide bonds. The van der Waals surface area contributed by atoms with E-state index in [9.17, 15) is 19.7 Å². The van der Waals surface area contributed by atoms with Crippen LogP contribution in [-0.4, -0.2) is 30.0 Å². The van der Waals surface area contributed by atoms with Crippen molar-refractivity contribution in [3.63, 3.8) is 0 Å². The summed E-state index contributed by atoms with van der Waals surface area (Å²) < 4.78 is 5.21. The third-order valence-corrected chi connectivity index (χ3v) is 3.44. The number of rotatable bonds is 5. The molecule has 0 aromatic heterocycles. The van der Waals surface area contributed by atoms with Crippen LogP contribution in [0.3, 0.4) is 0 Å². The molecule has 1 N–H and O–H groups in total. The second-order valence-electron chi connectivity index (χ2n) is 5.85. The maximum atomic E-state index is 12.1. The van der Waals surface area contributed by atoms with Gasteiger partial charge in [-0.1, -0.05) is 6.07 Å². The van der Waals surface area contributed by atoms with Crippen molar-refractivity contribution in [1.29, 1.82) is 0 Å². The van der Waals surface area contributed by atoms with Gasteiger partial charge in [0, 0.05) is 30.9 Å². The van der Waals surface area contributed by atoms with Crippen LogP contribution in [0.4, 0.5) is 16.2 Å². The predicted octanol–water partition coefficient (Wildman–Crippen LogP) is 3.37. The Morgan fingerprint density at radius 3 is 2.38 bits per heavy atom. The molecule has 0 aliphatic carbocycles. The van der Waals surface area contributed by atoms with Crippen LogP contribution >= 0.6 is 0 Å². The minimum absolute atomic E-state index is 0.0140. The molecular formula is C18H19N3O5. The van der Waals surface area contributed by atoms with E-state index in [1.165, 1.54) is 23.1 Å². The maximum absolute atomic E-state index is 12.1. The average Bonchev–Trinajstić information content (AvgIpc) is 2.61. The molecule has 0 saturated heterocycles. The van der Waals surface area contributed by atoms with Gasteiger partial charge in [-0.25, -0.2) is 9.59 Å². The van der Waals surface area contributed by atoms with E-state index in [4.69, 9.17) is 4.74 Å². The van der Waals surface area contributed by atoms with Gasteiger partial charge in [0.05, 0.1) is 10.5 Å². The normalized spacial score (nSPS) is 10.3. The number of non-ortho nitro benzene ring substituents is 1. The Labute approximate surface area is 150 Å². The average molecular weight is 357 g/mol. The van der Waals surface area contributed by atoms with Crippen LogP contribution < -0.4 is 15.0 Å². The summed E-state index contributed by atoms with van der Waals surface area (Å²) >= 11 is 0. The molecule has 2 aromatic carbocycles. The van der Waals surface area contributed by atoms with Crippen molar-refractivity contribution in [1.82, 2.24) is 5.32 Å². The summed E-state index contributed by atoms with van der Waals surface area (Å²) in [6.07, 6.45) is 0. The van der Waals surface area contributed by atoms with Gasteiger partial charge in [-0.05, 0) is 44.2 Å². The summed E-state index contributed by atoms with van der Waals surface area (Å²) in [5.41, 5.74) is 0.516. The highest BCUT2D eigenvalue weighted by Gasteiger charge is 2.15. The highest BCUT2D eigenvalue weighted by atomic mass is 16.6. The first-order chi connectivity index (χ1) is 12.3. The van der Waals surface area contributed by atoms with Crippen molar-refractivity contribution in [3.05, 3.63) is 64.2 Å². The number of nitrogens with one attached hydrogen (secondary N) is 1. The zero-order valence-electron chi connectivity index (χ0n) is 14.6. The van der Waals surface area contributed by atoms with E-state index in [-0.39, 0.29) is 29.1 Å². The van der Waals surface area contributed by atoms with Crippen LogP contribution in [0, 0.1) is 10.1 Å². The summed E-state index contributed by atoms with van der Waals surface area (Å²) in [4.78, 5) is 35.7. The molecule has 8 heteroatoms. The summed E-state index contributed by atoms with van der Waals surface area (Å²) in [7, 11) is 1.63. The third kappa shape index (κ3) is 4.79. The van der Waals surface area contributed by atoms with Crippen molar-refractivity contribution in [3.8, 4) is 5.75 Å². The Morgan fingerprint density at radius 1 is 1.15 bits per heavy atom. The number of nitro groups is 1.